The minimum atomic E-state index is -3.24. The summed E-state index contributed by atoms with van der Waals surface area (Å²) < 4.78 is 71.0. The topological polar surface area (TPSA) is 233 Å². The minimum absolute atomic E-state index is 0.155. The predicted molar refractivity (Wildman–Crippen MR) is 135 cm³/mol. The van der Waals surface area contributed by atoms with Gasteiger partial charge in [0.2, 0.25) is 12.6 Å². The maximum Gasteiger partial charge on any atom is 0.335 e. The van der Waals surface area contributed by atoms with E-state index >= 15 is 0 Å². The van der Waals surface area contributed by atoms with Crippen LogP contribution in [0.5, 0.6) is 11.5 Å². The first-order valence-corrected chi connectivity index (χ1v) is 12.1. The van der Waals surface area contributed by atoms with Crippen LogP contribution < -0.4 is 9.47 Å². The Labute approximate surface area is 242 Å². The lowest BCUT2D eigenvalue weighted by molar-refractivity contribution is -0.271. The molecule has 0 amide bonds. The van der Waals surface area contributed by atoms with E-state index in [0.29, 0.717) is 0 Å². The van der Waals surface area contributed by atoms with Crippen LogP contribution in [0, 0.1) is 0 Å². The third-order valence-corrected chi connectivity index (χ3v) is 6.71. The summed E-state index contributed by atoms with van der Waals surface area (Å²) in [5.41, 5.74) is -3.20. The fourth-order valence-corrected chi connectivity index (χ4v) is 4.30. The summed E-state index contributed by atoms with van der Waals surface area (Å²) in [4.78, 5) is 22.8. The van der Waals surface area contributed by atoms with Crippen molar-refractivity contribution >= 4 is 11.9 Å². The molecule has 14 heteroatoms. The summed E-state index contributed by atoms with van der Waals surface area (Å²) in [6.07, 6.45) is -19.1. The first kappa shape index (κ1) is 23.2. The highest BCUT2D eigenvalue weighted by Gasteiger charge is 2.49. The van der Waals surface area contributed by atoms with E-state index in [1.165, 1.54) is 0 Å². The summed E-state index contributed by atoms with van der Waals surface area (Å²) in [5, 5.41) is 78.7. The first-order valence-electron chi connectivity index (χ1n) is 15.1. The van der Waals surface area contributed by atoms with Crippen LogP contribution in [0.4, 0.5) is 0 Å². The van der Waals surface area contributed by atoms with Crippen LogP contribution in [-0.2, 0) is 24.5 Å². The highest BCUT2D eigenvalue weighted by molar-refractivity contribution is 5.73. The van der Waals surface area contributed by atoms with Gasteiger partial charge in [-0.1, -0.05) is 38.0 Å². The molecule has 2 heterocycles. The fraction of sp³-hybridized carbons (Fsp3) is 0.481. The van der Waals surface area contributed by atoms with Gasteiger partial charge in [-0.3, -0.25) is 0 Å². The average Bonchev–Trinajstić information content (AvgIpc) is 2.97. The van der Waals surface area contributed by atoms with Gasteiger partial charge in [-0.25, -0.2) is 9.59 Å². The third kappa shape index (κ3) is 6.14. The van der Waals surface area contributed by atoms with Crippen molar-refractivity contribution in [2.24, 2.45) is 0 Å². The summed E-state index contributed by atoms with van der Waals surface area (Å²) in [6, 6.07) is 8.95. The Morgan fingerprint density at radius 3 is 1.27 bits per heavy atom. The molecule has 0 saturated carbocycles. The summed E-state index contributed by atoms with van der Waals surface area (Å²) in [7, 11) is 0. The van der Waals surface area contributed by atoms with E-state index in [9.17, 15) is 50.4 Å². The fourth-order valence-electron chi connectivity index (χ4n) is 4.30. The van der Waals surface area contributed by atoms with Crippen molar-refractivity contribution < 1.29 is 77.6 Å². The molecule has 2 aliphatic rings. The molecule has 10 atom stereocenters. The molecule has 2 fully saturated rings. The molecule has 4 rings (SSSR count). The molecule has 224 valence electrons. The molecule has 0 radical (unpaired) electrons. The molecule has 0 bridgehead atoms. The van der Waals surface area contributed by atoms with Crippen LogP contribution in [-0.4, -0.2) is 114 Å². The maximum atomic E-state index is 11.4. The molecule has 8 N–H and O–H groups in total. The van der Waals surface area contributed by atoms with Crippen LogP contribution in [0.3, 0.4) is 0 Å². The van der Waals surface area contributed by atoms with Crippen LogP contribution in [0.15, 0.2) is 48.5 Å². The van der Waals surface area contributed by atoms with Gasteiger partial charge in [0, 0.05) is 13.6 Å². The number of hydrogen-bond donors (Lipinski definition) is 8. The number of ether oxygens (including phenoxy) is 4. The first-order chi connectivity index (χ1) is 21.7. The number of carbonyl (C=O) groups is 2. The number of carboxylic acid groups (broad SMARTS) is 2. The van der Waals surface area contributed by atoms with E-state index < -0.39 is 92.5 Å². The van der Waals surface area contributed by atoms with Crippen LogP contribution in [0.1, 0.15) is 33.1 Å². The molecule has 0 aromatic heterocycles. The smallest absolute Gasteiger partial charge is 0.335 e. The van der Waals surface area contributed by atoms with Gasteiger partial charge < -0.3 is 59.8 Å². The zero-order chi connectivity index (χ0) is 35.2. The van der Waals surface area contributed by atoms with E-state index in [-0.39, 0.29) is 22.6 Å². The Balaban J connectivity index is 1.65. The Bertz CT molecular complexity index is 1310. The van der Waals surface area contributed by atoms with Crippen LogP contribution in [0.25, 0.3) is 0 Å². The molecule has 2 aromatic carbocycles. The van der Waals surface area contributed by atoms with Crippen molar-refractivity contribution in [3.05, 3.63) is 59.7 Å². The standard InChI is InChI=1S/C27H32O14/c1-27(2,11-3-7-13(8-4-11)38-25-19(32)15(28)17(30)21(40-25)23(34)35)12-5-9-14(10-6-12)39-26-20(33)16(29)18(31)22(41-26)24(36)37/h3-10,15-22,25-26,28-33H,1-2H3,(H,34,35)(H,36,37)/t15-,16-,17-,18-,19+,20+,21-,22-,25+,26+/m0/s1/i1D3,2D3. The Morgan fingerprint density at radius 1 is 0.634 bits per heavy atom. The molecule has 14 nitrogen and oxygen atoms in total. The maximum absolute atomic E-state index is 11.4. The molecule has 2 saturated heterocycles. The quantitative estimate of drug-likeness (QED) is 0.177. The van der Waals surface area contributed by atoms with Crippen molar-refractivity contribution in [3.8, 4) is 11.5 Å². The van der Waals surface area contributed by atoms with E-state index in [1.54, 1.807) is 0 Å². The van der Waals surface area contributed by atoms with Crippen molar-refractivity contribution in [1.29, 1.82) is 0 Å². The lowest BCUT2D eigenvalue weighted by atomic mass is 9.78. The van der Waals surface area contributed by atoms with Crippen LogP contribution >= 0.6 is 0 Å². The Morgan fingerprint density at radius 2 is 0.976 bits per heavy atom. The molecule has 0 unspecified atom stereocenters. The number of aliphatic hydroxyl groups is 6. The second kappa shape index (κ2) is 11.9. The van der Waals surface area contributed by atoms with Gasteiger partial charge in [0.05, 0.1) is 0 Å². The zero-order valence-corrected chi connectivity index (χ0v) is 20.9. The highest BCUT2D eigenvalue weighted by Crippen LogP contribution is 2.34. The zero-order valence-electron chi connectivity index (χ0n) is 26.9. The number of aliphatic carboxylic acids is 2. The second-order valence-electron chi connectivity index (χ2n) is 9.50. The summed E-state index contributed by atoms with van der Waals surface area (Å²) in [6.45, 7) is -6.48. The molecule has 0 spiro atoms. The van der Waals surface area contributed by atoms with Gasteiger partial charge in [0.1, 0.15) is 48.1 Å². The van der Waals surface area contributed by atoms with Gasteiger partial charge in [-0.15, -0.1) is 0 Å². The van der Waals surface area contributed by atoms with Gasteiger partial charge in [-0.2, -0.15) is 0 Å². The number of aliphatic hydroxyl groups excluding tert-OH is 6. The lowest BCUT2D eigenvalue weighted by Gasteiger charge is -2.38. The molecule has 41 heavy (non-hydrogen) atoms. The SMILES string of the molecule is [2H]C([2H])([2H])C(c1ccc(O[C@@H]2O[C@H](C(=O)O)[C@@H](O)[C@H](O)[C@H]2O)cc1)(c1ccc(O[C@@H]2O[C@H](C(=O)O)[C@@H](O)[C@H](O)[C@H]2O)cc1)C([2H])([2H])[2H]. The van der Waals surface area contributed by atoms with E-state index in [0.717, 1.165) is 48.5 Å². The Hall–Kier alpha value is -3.34. The number of hydrogen-bond acceptors (Lipinski definition) is 12. The van der Waals surface area contributed by atoms with Crippen molar-refractivity contribution in [3.63, 3.8) is 0 Å². The summed E-state index contributed by atoms with van der Waals surface area (Å²) >= 11 is 0. The minimum Gasteiger partial charge on any atom is -0.479 e. The number of benzene rings is 2. The van der Waals surface area contributed by atoms with Gasteiger partial charge in [0.15, 0.2) is 12.2 Å². The largest absolute Gasteiger partial charge is 0.479 e. The van der Waals surface area contributed by atoms with Gasteiger partial charge in [0.25, 0.3) is 0 Å². The third-order valence-electron chi connectivity index (χ3n) is 6.71. The predicted octanol–water partition coefficient (Wildman–Crippen LogP) is -1.45. The molecular formula is C27H32O14. The normalized spacial score (nSPS) is 36.8. The molecule has 2 aliphatic heterocycles. The number of carboxylic acids is 2. The monoisotopic (exact) mass is 586 g/mol. The molecular weight excluding hydrogens is 548 g/mol. The molecule has 0 aliphatic carbocycles. The molecule has 2 aromatic rings. The average molecular weight is 587 g/mol. The lowest BCUT2D eigenvalue weighted by Crippen LogP contribution is -2.61. The highest BCUT2D eigenvalue weighted by atomic mass is 16.7. The van der Waals surface area contributed by atoms with E-state index in [2.05, 4.69) is 0 Å². The van der Waals surface area contributed by atoms with Crippen molar-refractivity contribution in [2.75, 3.05) is 0 Å². The van der Waals surface area contributed by atoms with Crippen LogP contribution in [0.2, 0.25) is 0 Å². The van der Waals surface area contributed by atoms with Gasteiger partial charge >= 0.3 is 11.9 Å². The van der Waals surface area contributed by atoms with Crippen molar-refractivity contribution in [2.45, 2.75) is 80.5 Å². The van der Waals surface area contributed by atoms with E-state index in [1.807, 2.05) is 0 Å². The van der Waals surface area contributed by atoms with E-state index in [4.69, 9.17) is 27.2 Å². The van der Waals surface area contributed by atoms with Gasteiger partial charge in [-0.05, 0) is 35.4 Å². The van der Waals surface area contributed by atoms with Crippen molar-refractivity contribution in [1.82, 2.24) is 0 Å². The number of rotatable bonds is 8. The Kier molecular flexibility index (Phi) is 6.73. The summed E-state index contributed by atoms with van der Waals surface area (Å²) in [5.74, 6) is -3.60. The second-order valence-corrected chi connectivity index (χ2v) is 9.50.